The van der Waals surface area contributed by atoms with Crippen molar-refractivity contribution in [2.24, 2.45) is 0 Å². The van der Waals surface area contributed by atoms with Crippen LogP contribution in [0.4, 0.5) is 11.4 Å². The number of esters is 1. The maximum absolute atomic E-state index is 12.1. The van der Waals surface area contributed by atoms with Crippen LogP contribution in [0.1, 0.15) is 24.9 Å². The van der Waals surface area contributed by atoms with Gasteiger partial charge in [0.1, 0.15) is 0 Å². The number of carbonyl (C=O) groups is 3. The molecular weight excluding hydrogens is 366 g/mol. The van der Waals surface area contributed by atoms with Crippen LogP contribution >= 0.6 is 0 Å². The number of hydrogen-bond donors (Lipinski definition) is 2. The molecule has 2 rings (SSSR count). The molecule has 2 aromatic carbocycles. The molecule has 0 bridgehead atoms. The summed E-state index contributed by atoms with van der Waals surface area (Å²) in [6.45, 7) is 0.789. The second-order valence-corrected chi connectivity index (χ2v) is 5.88. The lowest BCUT2D eigenvalue weighted by Gasteiger charge is -2.17. The zero-order valence-corrected chi connectivity index (χ0v) is 15.1. The molecular formula is C19H19N3O6. The van der Waals surface area contributed by atoms with Crippen LogP contribution in [0.15, 0.2) is 54.6 Å². The Hall–Kier alpha value is -3.75. The van der Waals surface area contributed by atoms with E-state index in [9.17, 15) is 24.5 Å². The Morgan fingerprint density at radius 3 is 2.46 bits per heavy atom. The van der Waals surface area contributed by atoms with Gasteiger partial charge < -0.3 is 15.4 Å². The smallest absolute Gasteiger partial charge is 0.308 e. The minimum absolute atomic E-state index is 0.145. The highest BCUT2D eigenvalue weighted by Crippen LogP contribution is 2.18. The van der Waals surface area contributed by atoms with Gasteiger partial charge in [0.25, 0.3) is 11.6 Å². The summed E-state index contributed by atoms with van der Waals surface area (Å²) < 4.78 is 4.95. The van der Waals surface area contributed by atoms with E-state index in [1.165, 1.54) is 31.2 Å². The minimum Gasteiger partial charge on any atom is -0.455 e. The molecule has 0 heterocycles. The zero-order valence-electron chi connectivity index (χ0n) is 15.1. The highest BCUT2D eigenvalue weighted by Gasteiger charge is 2.19. The number of nitro groups is 1. The number of nitrogens with zero attached hydrogens (tertiary/aromatic N) is 1. The van der Waals surface area contributed by atoms with Gasteiger partial charge in [0.05, 0.1) is 17.4 Å². The predicted octanol–water partition coefficient (Wildman–Crippen LogP) is 2.34. The highest BCUT2D eigenvalue weighted by atomic mass is 16.6. The Morgan fingerprint density at radius 1 is 1.11 bits per heavy atom. The number of carbonyl (C=O) groups excluding carboxylic acids is 3. The molecule has 0 unspecified atom stereocenters. The van der Waals surface area contributed by atoms with Crippen LogP contribution in [0, 0.1) is 10.1 Å². The molecule has 9 nitrogen and oxygen atoms in total. The Bertz CT molecular complexity index is 869. The first-order valence-electron chi connectivity index (χ1n) is 8.37. The Morgan fingerprint density at radius 2 is 1.82 bits per heavy atom. The standard InChI is InChI=1S/C19H19N3O6/c1-13(23)20-17(14-6-3-2-4-7-14)11-19(25)28-12-18(24)21-15-8-5-9-16(10-15)22(26)27/h2-10,17H,11-12H2,1H3,(H,20,23)(H,21,24)/t17-/m0/s1. The minimum atomic E-state index is -0.670. The van der Waals surface area contributed by atoms with E-state index in [-0.39, 0.29) is 23.7 Å². The highest BCUT2D eigenvalue weighted by molar-refractivity contribution is 5.93. The van der Waals surface area contributed by atoms with Gasteiger partial charge in [-0.15, -0.1) is 0 Å². The lowest BCUT2D eigenvalue weighted by molar-refractivity contribution is -0.384. The summed E-state index contributed by atoms with van der Waals surface area (Å²) >= 11 is 0. The molecule has 0 saturated heterocycles. The van der Waals surface area contributed by atoms with E-state index >= 15 is 0 Å². The Kier molecular flexibility index (Phi) is 7.21. The average molecular weight is 385 g/mol. The number of amides is 2. The van der Waals surface area contributed by atoms with Gasteiger partial charge in [-0.3, -0.25) is 24.5 Å². The van der Waals surface area contributed by atoms with Crippen molar-refractivity contribution in [1.82, 2.24) is 5.32 Å². The molecule has 0 aliphatic heterocycles. The second-order valence-electron chi connectivity index (χ2n) is 5.88. The Labute approximate surface area is 160 Å². The fraction of sp³-hybridized carbons (Fsp3) is 0.211. The van der Waals surface area contributed by atoms with E-state index < -0.39 is 29.4 Å². The van der Waals surface area contributed by atoms with Crippen LogP contribution in [-0.4, -0.2) is 29.3 Å². The van der Waals surface area contributed by atoms with Crippen molar-refractivity contribution in [1.29, 1.82) is 0 Å². The largest absolute Gasteiger partial charge is 0.455 e. The molecule has 0 fully saturated rings. The molecule has 9 heteroatoms. The van der Waals surface area contributed by atoms with Crippen LogP contribution in [0.3, 0.4) is 0 Å². The van der Waals surface area contributed by atoms with Gasteiger partial charge >= 0.3 is 5.97 Å². The van der Waals surface area contributed by atoms with Crippen LogP contribution in [-0.2, 0) is 19.1 Å². The van der Waals surface area contributed by atoms with Crippen molar-refractivity contribution in [3.05, 3.63) is 70.3 Å². The van der Waals surface area contributed by atoms with Crippen molar-refractivity contribution in [3.8, 4) is 0 Å². The number of rotatable bonds is 8. The summed E-state index contributed by atoms with van der Waals surface area (Å²) in [5, 5.41) is 15.8. The van der Waals surface area contributed by atoms with E-state index in [1.54, 1.807) is 24.3 Å². The molecule has 146 valence electrons. The topological polar surface area (TPSA) is 128 Å². The van der Waals surface area contributed by atoms with E-state index in [4.69, 9.17) is 4.74 Å². The molecule has 2 N–H and O–H groups in total. The van der Waals surface area contributed by atoms with E-state index in [1.807, 2.05) is 6.07 Å². The van der Waals surface area contributed by atoms with Gasteiger partial charge in [0.2, 0.25) is 5.91 Å². The summed E-state index contributed by atoms with van der Waals surface area (Å²) in [4.78, 5) is 45.5. The van der Waals surface area contributed by atoms with Gasteiger partial charge in [-0.2, -0.15) is 0 Å². The number of nitro benzene ring substituents is 1. The summed E-state index contributed by atoms with van der Waals surface area (Å²) in [6.07, 6.45) is -0.145. The lowest BCUT2D eigenvalue weighted by Crippen LogP contribution is -2.29. The first kappa shape index (κ1) is 20.6. The fourth-order valence-electron chi connectivity index (χ4n) is 2.45. The first-order valence-corrected chi connectivity index (χ1v) is 8.37. The third kappa shape index (κ3) is 6.52. The van der Waals surface area contributed by atoms with Crippen LogP contribution in [0.2, 0.25) is 0 Å². The van der Waals surface area contributed by atoms with Crippen LogP contribution in [0.25, 0.3) is 0 Å². The third-order valence-electron chi connectivity index (χ3n) is 3.66. The maximum Gasteiger partial charge on any atom is 0.308 e. The second kappa shape index (κ2) is 9.81. The van der Waals surface area contributed by atoms with E-state index in [0.717, 1.165) is 5.56 Å². The molecule has 0 aliphatic rings. The summed E-state index contributed by atoms with van der Waals surface area (Å²) in [7, 11) is 0. The molecule has 2 amide bonds. The molecule has 0 aromatic heterocycles. The summed E-state index contributed by atoms with van der Waals surface area (Å²) in [5.41, 5.74) is 0.780. The molecule has 1 atom stereocenters. The average Bonchev–Trinajstić information content (AvgIpc) is 2.66. The Balaban J connectivity index is 1.89. The molecule has 28 heavy (non-hydrogen) atoms. The van der Waals surface area contributed by atoms with E-state index in [0.29, 0.717) is 0 Å². The zero-order chi connectivity index (χ0) is 20.5. The number of non-ortho nitro benzene ring substituents is 1. The van der Waals surface area contributed by atoms with Crippen molar-refractivity contribution >= 4 is 29.2 Å². The molecule has 0 saturated carbocycles. The van der Waals surface area contributed by atoms with Gasteiger partial charge in [-0.05, 0) is 11.6 Å². The quantitative estimate of drug-likeness (QED) is 0.408. The van der Waals surface area contributed by atoms with E-state index in [2.05, 4.69) is 10.6 Å². The fourth-order valence-corrected chi connectivity index (χ4v) is 2.45. The summed E-state index contributed by atoms with van der Waals surface area (Å²) in [6, 6.07) is 13.7. The van der Waals surface area contributed by atoms with Gasteiger partial charge in [-0.25, -0.2) is 0 Å². The van der Waals surface area contributed by atoms with Gasteiger partial charge in [-0.1, -0.05) is 36.4 Å². The third-order valence-corrected chi connectivity index (χ3v) is 3.66. The summed E-state index contributed by atoms with van der Waals surface area (Å²) in [5.74, 6) is -1.61. The maximum atomic E-state index is 12.1. The van der Waals surface area contributed by atoms with Crippen LogP contribution < -0.4 is 10.6 Å². The van der Waals surface area contributed by atoms with Gasteiger partial charge in [0.15, 0.2) is 6.61 Å². The molecule has 0 radical (unpaired) electrons. The molecule has 2 aromatic rings. The van der Waals surface area contributed by atoms with Gasteiger partial charge in [0, 0.05) is 24.7 Å². The normalized spacial score (nSPS) is 11.2. The number of hydrogen-bond acceptors (Lipinski definition) is 6. The lowest BCUT2D eigenvalue weighted by atomic mass is 10.0. The van der Waals surface area contributed by atoms with Crippen molar-refractivity contribution in [3.63, 3.8) is 0 Å². The number of benzene rings is 2. The monoisotopic (exact) mass is 385 g/mol. The predicted molar refractivity (Wildman–Crippen MR) is 100 cm³/mol. The van der Waals surface area contributed by atoms with Crippen LogP contribution in [0.5, 0.6) is 0 Å². The first-order chi connectivity index (χ1) is 13.3. The molecule has 0 spiro atoms. The number of ether oxygens (including phenoxy) is 1. The SMILES string of the molecule is CC(=O)N[C@@H](CC(=O)OCC(=O)Nc1cccc([N+](=O)[O-])c1)c1ccccc1. The number of anilines is 1. The number of nitrogens with one attached hydrogen (secondary N) is 2. The van der Waals surface area contributed by atoms with Crippen molar-refractivity contribution < 1.29 is 24.0 Å². The van der Waals surface area contributed by atoms with Crippen molar-refractivity contribution in [2.45, 2.75) is 19.4 Å². The van der Waals surface area contributed by atoms with Crippen molar-refractivity contribution in [2.75, 3.05) is 11.9 Å². The molecule has 0 aliphatic carbocycles.